The summed E-state index contributed by atoms with van der Waals surface area (Å²) >= 11 is 5.70. The zero-order valence-electron chi connectivity index (χ0n) is 15.4. The van der Waals surface area contributed by atoms with Gasteiger partial charge in [-0.05, 0) is 67.2 Å². The molecule has 27 heavy (non-hydrogen) atoms. The Hall–Kier alpha value is -2.99. The zero-order valence-corrected chi connectivity index (χ0v) is 16.2. The first-order chi connectivity index (χ1) is 13.2. The van der Waals surface area contributed by atoms with Crippen LogP contribution in [0.25, 0.3) is 0 Å². The van der Waals surface area contributed by atoms with E-state index in [-0.39, 0.29) is 0 Å². The predicted octanol–water partition coefficient (Wildman–Crippen LogP) is 4.19. The van der Waals surface area contributed by atoms with Gasteiger partial charge in [-0.2, -0.15) is 0 Å². The Morgan fingerprint density at radius 3 is 2.11 bits per heavy atom. The summed E-state index contributed by atoms with van der Waals surface area (Å²) in [5.74, 6) is 0.822. The van der Waals surface area contributed by atoms with Crippen LogP contribution in [-0.2, 0) is 13.1 Å². The van der Waals surface area contributed by atoms with E-state index in [0.29, 0.717) is 18.2 Å². The van der Waals surface area contributed by atoms with Crippen molar-refractivity contribution in [1.82, 2.24) is 14.9 Å². The number of pyridine rings is 2. The lowest BCUT2D eigenvalue weighted by molar-refractivity contribution is 0.402. The Balaban J connectivity index is 1.79. The Bertz CT molecular complexity index is 846. The molecule has 3 rings (SSSR count). The smallest absolute Gasteiger partial charge is 0.174 e. The number of rotatable bonds is 6. The van der Waals surface area contributed by atoms with Gasteiger partial charge in [0.05, 0.1) is 31.6 Å². The molecule has 0 saturated carbocycles. The maximum Gasteiger partial charge on any atom is 0.174 e. The highest BCUT2D eigenvalue weighted by atomic mass is 32.1. The molecular weight excluding hydrogens is 356 g/mol. The van der Waals surface area contributed by atoms with Crippen molar-refractivity contribution in [3.8, 4) is 5.75 Å². The van der Waals surface area contributed by atoms with Gasteiger partial charge >= 0.3 is 0 Å². The SMILES string of the molecule is COc1ccc(NC(=S)N(Cc2ccccn2)Cc2ccccn2)c(C)c1. The van der Waals surface area contributed by atoms with E-state index >= 15 is 0 Å². The lowest BCUT2D eigenvalue weighted by Gasteiger charge is -2.26. The largest absolute Gasteiger partial charge is 0.497 e. The van der Waals surface area contributed by atoms with Gasteiger partial charge in [0.2, 0.25) is 0 Å². The maximum atomic E-state index is 5.70. The average Bonchev–Trinajstić information content (AvgIpc) is 2.70. The molecule has 3 aromatic rings. The molecule has 2 aromatic heterocycles. The van der Waals surface area contributed by atoms with Crippen molar-refractivity contribution < 1.29 is 4.74 Å². The molecule has 0 atom stereocenters. The van der Waals surface area contributed by atoms with Gasteiger partial charge in [-0.1, -0.05) is 12.1 Å². The third-order valence-corrected chi connectivity index (χ3v) is 4.48. The van der Waals surface area contributed by atoms with Crippen molar-refractivity contribution in [2.75, 3.05) is 12.4 Å². The Morgan fingerprint density at radius 1 is 1.00 bits per heavy atom. The second-order valence-corrected chi connectivity index (χ2v) is 6.50. The van der Waals surface area contributed by atoms with Gasteiger partial charge in [0.1, 0.15) is 5.75 Å². The molecule has 0 saturated heterocycles. The highest BCUT2D eigenvalue weighted by Gasteiger charge is 2.14. The van der Waals surface area contributed by atoms with Gasteiger partial charge < -0.3 is 15.0 Å². The lowest BCUT2D eigenvalue weighted by Crippen LogP contribution is -2.34. The molecule has 138 valence electrons. The predicted molar refractivity (Wildman–Crippen MR) is 112 cm³/mol. The minimum Gasteiger partial charge on any atom is -0.497 e. The van der Waals surface area contributed by atoms with Crippen LogP contribution < -0.4 is 10.1 Å². The number of benzene rings is 1. The van der Waals surface area contributed by atoms with E-state index in [1.807, 2.05) is 61.5 Å². The molecule has 0 spiro atoms. The van der Waals surface area contributed by atoms with Gasteiger partial charge in [-0.15, -0.1) is 0 Å². The summed E-state index contributed by atoms with van der Waals surface area (Å²) in [4.78, 5) is 10.9. The van der Waals surface area contributed by atoms with E-state index in [1.165, 1.54) is 0 Å². The summed E-state index contributed by atoms with van der Waals surface area (Å²) in [6.45, 7) is 3.21. The number of thiocarbonyl (C=S) groups is 1. The summed E-state index contributed by atoms with van der Waals surface area (Å²) < 4.78 is 5.27. The lowest BCUT2D eigenvalue weighted by atomic mass is 10.2. The van der Waals surface area contributed by atoms with E-state index < -0.39 is 0 Å². The fourth-order valence-corrected chi connectivity index (χ4v) is 2.91. The van der Waals surface area contributed by atoms with Gasteiger partial charge in [0.25, 0.3) is 0 Å². The van der Waals surface area contributed by atoms with Gasteiger partial charge in [-0.25, -0.2) is 0 Å². The van der Waals surface area contributed by atoms with Gasteiger partial charge in [0.15, 0.2) is 5.11 Å². The second kappa shape index (κ2) is 9.09. The average molecular weight is 379 g/mol. The van der Waals surface area contributed by atoms with Crippen molar-refractivity contribution in [3.63, 3.8) is 0 Å². The fraction of sp³-hybridized carbons (Fsp3) is 0.190. The van der Waals surface area contributed by atoms with E-state index in [0.717, 1.165) is 28.4 Å². The minimum atomic E-state index is 0.596. The molecule has 5 nitrogen and oxygen atoms in total. The summed E-state index contributed by atoms with van der Waals surface area (Å²) in [6.07, 6.45) is 3.58. The molecule has 0 fully saturated rings. The number of methoxy groups -OCH3 is 1. The molecule has 0 bridgehead atoms. The van der Waals surface area contributed by atoms with Crippen LogP contribution in [0.4, 0.5) is 5.69 Å². The summed E-state index contributed by atoms with van der Waals surface area (Å²) in [6, 6.07) is 17.6. The number of nitrogens with zero attached hydrogens (tertiary/aromatic N) is 3. The van der Waals surface area contributed by atoms with Crippen LogP contribution in [0.15, 0.2) is 67.0 Å². The molecule has 0 unspecified atom stereocenters. The van der Waals surface area contributed by atoms with E-state index in [2.05, 4.69) is 20.2 Å². The minimum absolute atomic E-state index is 0.596. The standard InChI is InChI=1S/C21H22N4OS/c1-16-13-19(26-2)9-10-20(16)24-21(27)25(14-17-7-3-5-11-22-17)15-18-8-4-6-12-23-18/h3-13H,14-15H2,1-2H3,(H,24,27). The van der Waals surface area contributed by atoms with E-state index in [4.69, 9.17) is 17.0 Å². The van der Waals surface area contributed by atoms with E-state index in [9.17, 15) is 0 Å². The number of ether oxygens (including phenoxy) is 1. The maximum absolute atomic E-state index is 5.70. The molecule has 0 amide bonds. The van der Waals surface area contributed by atoms with Crippen LogP contribution in [0.1, 0.15) is 17.0 Å². The molecule has 0 aliphatic carbocycles. The normalized spacial score (nSPS) is 10.3. The van der Waals surface area contributed by atoms with Crippen LogP contribution in [0, 0.1) is 6.92 Å². The second-order valence-electron chi connectivity index (χ2n) is 6.11. The third-order valence-electron chi connectivity index (χ3n) is 4.12. The molecule has 1 aromatic carbocycles. The quantitative estimate of drug-likeness (QED) is 0.649. The molecule has 0 aliphatic rings. The first-order valence-corrected chi connectivity index (χ1v) is 9.07. The Labute approximate surface area is 165 Å². The highest BCUT2D eigenvalue weighted by Crippen LogP contribution is 2.22. The van der Waals surface area contributed by atoms with Crippen molar-refractivity contribution in [1.29, 1.82) is 0 Å². The van der Waals surface area contributed by atoms with Crippen LogP contribution >= 0.6 is 12.2 Å². The topological polar surface area (TPSA) is 50.3 Å². The number of nitrogens with one attached hydrogen (secondary N) is 1. The van der Waals surface area contributed by atoms with Crippen LogP contribution in [-0.4, -0.2) is 27.1 Å². The molecule has 0 aliphatic heterocycles. The number of aromatic nitrogens is 2. The number of anilines is 1. The third kappa shape index (κ3) is 5.24. The Morgan fingerprint density at radius 2 is 1.63 bits per heavy atom. The van der Waals surface area contributed by atoms with Crippen molar-refractivity contribution >= 4 is 23.0 Å². The first kappa shape index (κ1) is 18.8. The molecule has 6 heteroatoms. The van der Waals surface area contributed by atoms with Crippen LogP contribution in [0.2, 0.25) is 0 Å². The van der Waals surface area contributed by atoms with Crippen molar-refractivity contribution in [2.24, 2.45) is 0 Å². The van der Waals surface area contributed by atoms with Crippen LogP contribution in [0.3, 0.4) is 0 Å². The molecule has 1 N–H and O–H groups in total. The summed E-state index contributed by atoms with van der Waals surface area (Å²) in [5, 5.41) is 3.97. The fourth-order valence-electron chi connectivity index (χ4n) is 2.67. The molecule has 2 heterocycles. The highest BCUT2D eigenvalue weighted by molar-refractivity contribution is 7.80. The summed E-state index contributed by atoms with van der Waals surface area (Å²) in [7, 11) is 1.66. The van der Waals surface area contributed by atoms with E-state index in [1.54, 1.807) is 19.5 Å². The number of aryl methyl sites for hydroxylation is 1. The van der Waals surface area contributed by atoms with Gasteiger partial charge in [-0.3, -0.25) is 9.97 Å². The Kier molecular flexibility index (Phi) is 6.33. The van der Waals surface area contributed by atoms with Crippen LogP contribution in [0.5, 0.6) is 5.75 Å². The first-order valence-electron chi connectivity index (χ1n) is 8.66. The monoisotopic (exact) mass is 378 g/mol. The molecule has 0 radical (unpaired) electrons. The van der Waals surface area contributed by atoms with Crippen molar-refractivity contribution in [2.45, 2.75) is 20.0 Å². The van der Waals surface area contributed by atoms with Crippen molar-refractivity contribution in [3.05, 3.63) is 83.9 Å². The summed E-state index contributed by atoms with van der Waals surface area (Å²) in [5.41, 5.74) is 3.91. The molecular formula is C21H22N4OS. The van der Waals surface area contributed by atoms with Gasteiger partial charge in [0, 0.05) is 18.1 Å². The zero-order chi connectivity index (χ0) is 19.1. The number of hydrogen-bond acceptors (Lipinski definition) is 4. The number of hydrogen-bond donors (Lipinski definition) is 1.